The molecule has 7 heteroatoms. The molecule has 4 rings (SSSR count). The Morgan fingerprint density at radius 3 is 2.55 bits per heavy atom. The molecule has 3 heterocycles. The molecule has 7 nitrogen and oxygen atoms in total. The Hall–Kier alpha value is -2.80. The fourth-order valence-corrected chi connectivity index (χ4v) is 3.83. The van der Waals surface area contributed by atoms with Crippen LogP contribution in [-0.4, -0.2) is 50.5 Å². The zero-order valence-electron chi connectivity index (χ0n) is 17.3. The predicted octanol–water partition coefficient (Wildman–Crippen LogP) is 3.64. The Balaban J connectivity index is 1.80. The van der Waals surface area contributed by atoms with Gasteiger partial charge in [0.2, 0.25) is 0 Å². The highest BCUT2D eigenvalue weighted by Gasteiger charge is 2.19. The third-order valence-corrected chi connectivity index (χ3v) is 5.63. The Morgan fingerprint density at radius 2 is 1.83 bits per heavy atom. The van der Waals surface area contributed by atoms with Gasteiger partial charge in [0, 0.05) is 48.6 Å². The Labute approximate surface area is 170 Å². The second-order valence-electron chi connectivity index (χ2n) is 7.62. The van der Waals surface area contributed by atoms with E-state index in [1.807, 2.05) is 12.1 Å². The summed E-state index contributed by atoms with van der Waals surface area (Å²) in [7, 11) is 3.28. The molecule has 3 aromatic rings. The molecule has 1 fully saturated rings. The maximum absolute atomic E-state index is 6.32. The van der Waals surface area contributed by atoms with E-state index < -0.39 is 0 Å². The average molecular weight is 396 g/mol. The van der Waals surface area contributed by atoms with Gasteiger partial charge in [0.15, 0.2) is 11.5 Å². The topological polar surface area (TPSA) is 82.7 Å². The van der Waals surface area contributed by atoms with Gasteiger partial charge >= 0.3 is 0 Å². The van der Waals surface area contributed by atoms with E-state index in [9.17, 15) is 0 Å². The molecule has 2 N–H and O–H groups in total. The summed E-state index contributed by atoms with van der Waals surface area (Å²) in [4.78, 5) is 11.6. The number of aromatic nitrogens is 2. The summed E-state index contributed by atoms with van der Waals surface area (Å²) in [6, 6.07) is 5.99. The number of methoxy groups -OCH3 is 2. The molecule has 29 heavy (non-hydrogen) atoms. The van der Waals surface area contributed by atoms with Crippen LogP contribution in [-0.2, 0) is 4.74 Å². The van der Waals surface area contributed by atoms with Crippen LogP contribution in [0.1, 0.15) is 19.8 Å². The van der Waals surface area contributed by atoms with Crippen LogP contribution >= 0.6 is 0 Å². The zero-order chi connectivity index (χ0) is 20.4. The van der Waals surface area contributed by atoms with Crippen LogP contribution in [0.5, 0.6) is 11.5 Å². The van der Waals surface area contributed by atoms with E-state index in [1.54, 1.807) is 20.4 Å². The van der Waals surface area contributed by atoms with E-state index >= 15 is 0 Å². The highest BCUT2D eigenvalue weighted by Crippen LogP contribution is 2.37. The SMILES string of the molecule is COCCOc1cc2ncc3c(N)nc(N4CCC(C)CC4)cc3c2cc1OC. The summed E-state index contributed by atoms with van der Waals surface area (Å²) in [6.45, 7) is 5.26. The van der Waals surface area contributed by atoms with E-state index in [4.69, 9.17) is 19.9 Å². The molecule has 0 amide bonds. The molecule has 0 spiro atoms. The van der Waals surface area contributed by atoms with Gasteiger partial charge in [0.25, 0.3) is 0 Å². The van der Waals surface area contributed by atoms with Crippen molar-refractivity contribution in [1.82, 2.24) is 9.97 Å². The first-order valence-corrected chi connectivity index (χ1v) is 10.0. The molecule has 0 radical (unpaired) electrons. The fourth-order valence-electron chi connectivity index (χ4n) is 3.83. The van der Waals surface area contributed by atoms with Crippen LogP contribution in [0.4, 0.5) is 11.6 Å². The summed E-state index contributed by atoms with van der Waals surface area (Å²) in [5.41, 5.74) is 7.14. The summed E-state index contributed by atoms with van der Waals surface area (Å²) in [6.07, 6.45) is 4.13. The third-order valence-electron chi connectivity index (χ3n) is 5.63. The second kappa shape index (κ2) is 8.29. The van der Waals surface area contributed by atoms with Crippen LogP contribution in [0.3, 0.4) is 0 Å². The number of anilines is 2. The number of piperidine rings is 1. The number of nitrogens with zero attached hydrogens (tertiary/aromatic N) is 3. The molecule has 1 aliphatic rings. The summed E-state index contributed by atoms with van der Waals surface area (Å²) < 4.78 is 16.4. The first-order chi connectivity index (χ1) is 14.1. The predicted molar refractivity (Wildman–Crippen MR) is 116 cm³/mol. The minimum absolute atomic E-state index is 0.445. The van der Waals surface area contributed by atoms with E-state index in [-0.39, 0.29) is 0 Å². The van der Waals surface area contributed by atoms with E-state index in [0.29, 0.717) is 30.5 Å². The van der Waals surface area contributed by atoms with Gasteiger partial charge in [-0.3, -0.25) is 4.98 Å². The van der Waals surface area contributed by atoms with Crippen LogP contribution in [0, 0.1) is 5.92 Å². The van der Waals surface area contributed by atoms with Gasteiger partial charge in [-0.15, -0.1) is 0 Å². The Kier molecular flexibility index (Phi) is 5.58. The maximum atomic E-state index is 6.32. The molecule has 2 aromatic heterocycles. The fraction of sp³-hybridized carbons (Fsp3) is 0.455. The number of hydrogen-bond donors (Lipinski definition) is 1. The number of fused-ring (bicyclic) bond motifs is 3. The van der Waals surface area contributed by atoms with Gasteiger partial charge in [-0.1, -0.05) is 6.92 Å². The van der Waals surface area contributed by atoms with Crippen LogP contribution in [0.15, 0.2) is 24.4 Å². The first kappa shape index (κ1) is 19.5. The van der Waals surface area contributed by atoms with Crippen molar-refractivity contribution >= 4 is 33.3 Å². The number of nitrogen functional groups attached to an aromatic ring is 1. The minimum Gasteiger partial charge on any atom is -0.493 e. The van der Waals surface area contributed by atoms with E-state index in [2.05, 4.69) is 27.9 Å². The second-order valence-corrected chi connectivity index (χ2v) is 7.62. The number of nitrogens with two attached hydrogens (primary N) is 1. The summed E-state index contributed by atoms with van der Waals surface area (Å²) in [5.74, 6) is 3.50. The lowest BCUT2D eigenvalue weighted by atomic mass is 9.99. The third kappa shape index (κ3) is 3.87. The van der Waals surface area contributed by atoms with Crippen LogP contribution in [0.25, 0.3) is 21.7 Å². The molecule has 0 bridgehead atoms. The van der Waals surface area contributed by atoms with Crippen molar-refractivity contribution in [3.8, 4) is 11.5 Å². The largest absolute Gasteiger partial charge is 0.493 e. The summed E-state index contributed by atoms with van der Waals surface area (Å²) in [5, 5.41) is 2.85. The van der Waals surface area contributed by atoms with Gasteiger partial charge in [-0.25, -0.2) is 4.98 Å². The Morgan fingerprint density at radius 1 is 1.03 bits per heavy atom. The molecule has 1 saturated heterocycles. The number of rotatable bonds is 6. The maximum Gasteiger partial charge on any atom is 0.163 e. The Bertz CT molecular complexity index is 1020. The van der Waals surface area contributed by atoms with Crippen molar-refractivity contribution in [2.45, 2.75) is 19.8 Å². The lowest BCUT2D eigenvalue weighted by Crippen LogP contribution is -2.33. The molecular formula is C22H28N4O3. The molecule has 1 aromatic carbocycles. The van der Waals surface area contributed by atoms with Gasteiger partial charge in [-0.05, 0) is 30.9 Å². The minimum atomic E-state index is 0.445. The van der Waals surface area contributed by atoms with Crippen LogP contribution < -0.4 is 20.1 Å². The number of ether oxygens (including phenoxy) is 3. The standard InChI is InChI=1S/C22H28N4O3/c1-14-4-6-26(7-5-14)21-11-15-16-10-19(28-3)20(29-9-8-27-2)12-18(16)24-13-17(15)22(23)25-21/h10-14H,4-9H2,1-3H3,(H2,23,25). The number of pyridine rings is 2. The lowest BCUT2D eigenvalue weighted by molar-refractivity contribution is 0.144. The van der Waals surface area contributed by atoms with Crippen molar-refractivity contribution in [1.29, 1.82) is 0 Å². The highest BCUT2D eigenvalue weighted by atomic mass is 16.5. The van der Waals surface area contributed by atoms with E-state index in [0.717, 1.165) is 46.5 Å². The van der Waals surface area contributed by atoms with Gasteiger partial charge in [-0.2, -0.15) is 0 Å². The number of hydrogen-bond acceptors (Lipinski definition) is 7. The van der Waals surface area contributed by atoms with Crippen molar-refractivity contribution in [3.63, 3.8) is 0 Å². The van der Waals surface area contributed by atoms with Crippen molar-refractivity contribution in [2.24, 2.45) is 5.92 Å². The first-order valence-electron chi connectivity index (χ1n) is 10.0. The highest BCUT2D eigenvalue weighted by molar-refractivity contribution is 6.10. The van der Waals surface area contributed by atoms with Crippen molar-refractivity contribution < 1.29 is 14.2 Å². The van der Waals surface area contributed by atoms with Gasteiger partial charge < -0.3 is 24.8 Å². The average Bonchev–Trinajstić information content (AvgIpc) is 2.73. The van der Waals surface area contributed by atoms with Crippen molar-refractivity contribution in [2.75, 3.05) is 51.2 Å². The summed E-state index contributed by atoms with van der Waals surface area (Å²) >= 11 is 0. The quantitative estimate of drug-likeness (QED) is 0.503. The normalized spacial score (nSPS) is 15.2. The molecule has 0 saturated carbocycles. The molecule has 0 aliphatic carbocycles. The van der Waals surface area contributed by atoms with E-state index in [1.165, 1.54) is 12.8 Å². The van der Waals surface area contributed by atoms with Crippen molar-refractivity contribution in [3.05, 3.63) is 24.4 Å². The lowest BCUT2D eigenvalue weighted by Gasteiger charge is -2.31. The van der Waals surface area contributed by atoms with Gasteiger partial charge in [0.05, 0.1) is 19.2 Å². The molecule has 154 valence electrons. The smallest absolute Gasteiger partial charge is 0.163 e. The van der Waals surface area contributed by atoms with Gasteiger partial charge in [0.1, 0.15) is 18.2 Å². The molecule has 0 unspecified atom stereocenters. The van der Waals surface area contributed by atoms with Crippen LogP contribution in [0.2, 0.25) is 0 Å². The molecule has 0 atom stereocenters. The number of benzene rings is 1. The molecule has 1 aliphatic heterocycles. The monoisotopic (exact) mass is 396 g/mol. The zero-order valence-corrected chi connectivity index (χ0v) is 17.3. The molecular weight excluding hydrogens is 368 g/mol.